The van der Waals surface area contributed by atoms with E-state index in [1.54, 1.807) is 28.9 Å². The zero-order valence-electron chi connectivity index (χ0n) is 14.5. The van der Waals surface area contributed by atoms with Crippen molar-refractivity contribution in [1.82, 2.24) is 9.55 Å². The highest BCUT2D eigenvalue weighted by molar-refractivity contribution is 7.22. The van der Waals surface area contributed by atoms with Crippen molar-refractivity contribution in [2.75, 3.05) is 6.61 Å². The number of para-hydroxylation sites is 2. The van der Waals surface area contributed by atoms with Crippen LogP contribution in [0.15, 0.2) is 51.0 Å². The van der Waals surface area contributed by atoms with Crippen molar-refractivity contribution in [2.24, 2.45) is 0 Å². The maximum absolute atomic E-state index is 12.4. The topological polar surface area (TPSA) is 74.3 Å². The number of aryl methyl sites for hydroxylation is 2. The number of oxazole rings is 1. The molecule has 138 valence electrons. The van der Waals surface area contributed by atoms with Crippen molar-refractivity contribution < 1.29 is 13.9 Å². The third-order valence-corrected chi connectivity index (χ3v) is 6.22. The van der Waals surface area contributed by atoms with Gasteiger partial charge in [0.2, 0.25) is 0 Å². The smallest absolute Gasteiger partial charge is 0.419 e. The van der Waals surface area contributed by atoms with Crippen molar-refractivity contribution in [2.45, 2.75) is 19.9 Å². The summed E-state index contributed by atoms with van der Waals surface area (Å²) >= 11 is 2.93. The number of carbonyl (C=O) groups excluding carboxylic acids is 1. The first kappa shape index (κ1) is 17.7. The van der Waals surface area contributed by atoms with Gasteiger partial charge in [0.15, 0.2) is 5.58 Å². The number of benzene rings is 1. The van der Waals surface area contributed by atoms with E-state index in [-0.39, 0.29) is 12.6 Å². The van der Waals surface area contributed by atoms with Gasteiger partial charge in [0, 0.05) is 6.54 Å². The van der Waals surface area contributed by atoms with E-state index in [2.05, 4.69) is 4.98 Å². The summed E-state index contributed by atoms with van der Waals surface area (Å²) in [6, 6.07) is 11.2. The van der Waals surface area contributed by atoms with E-state index in [1.165, 1.54) is 11.3 Å². The predicted octanol–water partition coefficient (Wildman–Crippen LogP) is 4.34. The number of thiazole rings is 1. The molecule has 0 aliphatic heterocycles. The van der Waals surface area contributed by atoms with Crippen LogP contribution in [-0.4, -0.2) is 22.1 Å². The Morgan fingerprint density at radius 3 is 2.93 bits per heavy atom. The Labute approximate surface area is 162 Å². The molecule has 0 spiro atoms. The number of rotatable bonds is 6. The van der Waals surface area contributed by atoms with Crippen LogP contribution in [0, 0.1) is 6.92 Å². The molecule has 6 nitrogen and oxygen atoms in total. The predicted molar refractivity (Wildman–Crippen MR) is 106 cm³/mol. The minimum atomic E-state index is -0.401. The summed E-state index contributed by atoms with van der Waals surface area (Å²) < 4.78 is 12.1. The molecular formula is C19H16N2O4S2. The monoisotopic (exact) mass is 400 g/mol. The van der Waals surface area contributed by atoms with Gasteiger partial charge in [0.25, 0.3) is 0 Å². The molecule has 4 rings (SSSR count). The zero-order valence-corrected chi connectivity index (χ0v) is 16.1. The van der Waals surface area contributed by atoms with Gasteiger partial charge < -0.3 is 9.15 Å². The largest absolute Gasteiger partial charge is 0.461 e. The number of esters is 1. The fourth-order valence-corrected chi connectivity index (χ4v) is 4.53. The standard InChI is InChI=1S/C19H16N2O4S2/c1-12-16(27-17(20-12)15-8-4-11-26-15)18(22)24-10-5-9-21-13-6-2-3-7-14(13)25-19(21)23/h2-4,6-8,11H,5,9-10H2,1H3. The molecule has 3 aromatic heterocycles. The van der Waals surface area contributed by atoms with E-state index >= 15 is 0 Å². The van der Waals surface area contributed by atoms with Gasteiger partial charge >= 0.3 is 11.7 Å². The van der Waals surface area contributed by atoms with E-state index in [0.29, 0.717) is 29.1 Å². The summed E-state index contributed by atoms with van der Waals surface area (Å²) in [6.07, 6.45) is 0.519. The Hall–Kier alpha value is -2.71. The number of nitrogens with zero attached hydrogens (tertiary/aromatic N) is 2. The minimum absolute atomic E-state index is 0.219. The first-order chi connectivity index (χ1) is 13.1. The van der Waals surface area contributed by atoms with Crippen LogP contribution in [0.5, 0.6) is 0 Å². The lowest BCUT2D eigenvalue weighted by Crippen LogP contribution is -2.16. The van der Waals surface area contributed by atoms with Crippen LogP contribution in [0.25, 0.3) is 21.0 Å². The van der Waals surface area contributed by atoms with Crippen molar-refractivity contribution in [3.05, 3.63) is 62.9 Å². The lowest BCUT2D eigenvalue weighted by atomic mass is 10.3. The number of fused-ring (bicyclic) bond motifs is 1. The second-order valence-electron chi connectivity index (χ2n) is 5.89. The molecule has 0 bridgehead atoms. The van der Waals surface area contributed by atoms with Gasteiger partial charge in [-0.25, -0.2) is 14.6 Å². The van der Waals surface area contributed by atoms with Crippen LogP contribution in [0.4, 0.5) is 0 Å². The van der Waals surface area contributed by atoms with Crippen molar-refractivity contribution in [3.63, 3.8) is 0 Å². The number of hydrogen-bond donors (Lipinski definition) is 0. The molecule has 0 N–H and O–H groups in total. The first-order valence-electron chi connectivity index (χ1n) is 8.40. The molecule has 1 aromatic carbocycles. The minimum Gasteiger partial charge on any atom is -0.461 e. The number of hydrogen-bond acceptors (Lipinski definition) is 7. The summed E-state index contributed by atoms with van der Waals surface area (Å²) in [4.78, 5) is 30.3. The quantitative estimate of drug-likeness (QED) is 0.356. The van der Waals surface area contributed by atoms with Crippen molar-refractivity contribution in [1.29, 1.82) is 0 Å². The molecule has 0 aliphatic carbocycles. The van der Waals surface area contributed by atoms with E-state index in [4.69, 9.17) is 9.15 Å². The molecule has 0 saturated carbocycles. The molecule has 0 amide bonds. The highest BCUT2D eigenvalue weighted by Crippen LogP contribution is 2.31. The third-order valence-electron chi connectivity index (χ3n) is 4.05. The summed E-state index contributed by atoms with van der Waals surface area (Å²) in [7, 11) is 0. The van der Waals surface area contributed by atoms with Crippen LogP contribution in [0.3, 0.4) is 0 Å². The van der Waals surface area contributed by atoms with E-state index in [9.17, 15) is 9.59 Å². The van der Waals surface area contributed by atoms with Gasteiger partial charge in [-0.15, -0.1) is 22.7 Å². The molecule has 4 aromatic rings. The Bertz CT molecular complexity index is 1140. The molecule has 0 fully saturated rings. The fourth-order valence-electron chi connectivity index (χ4n) is 2.77. The highest BCUT2D eigenvalue weighted by Gasteiger charge is 2.18. The van der Waals surface area contributed by atoms with Gasteiger partial charge in [0.05, 0.1) is 22.7 Å². The second-order valence-corrected chi connectivity index (χ2v) is 7.83. The lowest BCUT2D eigenvalue weighted by molar-refractivity contribution is 0.0500. The zero-order chi connectivity index (χ0) is 18.8. The van der Waals surface area contributed by atoms with Gasteiger partial charge in [0.1, 0.15) is 9.88 Å². The highest BCUT2D eigenvalue weighted by atomic mass is 32.1. The Balaban J connectivity index is 1.37. The molecule has 3 heterocycles. The van der Waals surface area contributed by atoms with Gasteiger partial charge in [-0.2, -0.15) is 0 Å². The molecule has 27 heavy (non-hydrogen) atoms. The van der Waals surface area contributed by atoms with Crippen LogP contribution in [0.2, 0.25) is 0 Å². The molecule has 0 radical (unpaired) electrons. The average Bonchev–Trinajstić information content (AvgIpc) is 3.37. The van der Waals surface area contributed by atoms with E-state index in [0.717, 1.165) is 15.4 Å². The maximum Gasteiger partial charge on any atom is 0.419 e. The van der Waals surface area contributed by atoms with Crippen LogP contribution >= 0.6 is 22.7 Å². The fraction of sp³-hybridized carbons (Fsp3) is 0.211. The molecule has 0 aliphatic rings. The van der Waals surface area contributed by atoms with Crippen molar-refractivity contribution in [3.8, 4) is 9.88 Å². The lowest BCUT2D eigenvalue weighted by Gasteiger charge is -2.04. The summed E-state index contributed by atoms with van der Waals surface area (Å²) in [5.74, 6) is -0.779. The summed E-state index contributed by atoms with van der Waals surface area (Å²) in [6.45, 7) is 2.45. The second kappa shape index (κ2) is 7.50. The molecule has 0 unspecified atom stereocenters. The van der Waals surface area contributed by atoms with Crippen molar-refractivity contribution >= 4 is 39.7 Å². The van der Waals surface area contributed by atoms with Crippen LogP contribution in [-0.2, 0) is 11.3 Å². The summed E-state index contributed by atoms with van der Waals surface area (Å²) in [5.41, 5.74) is 1.97. The van der Waals surface area contributed by atoms with E-state index in [1.807, 2.05) is 35.7 Å². The SMILES string of the molecule is Cc1nc(-c2cccs2)sc1C(=O)OCCCn1c(=O)oc2ccccc21. The Kier molecular flexibility index (Phi) is 4.91. The number of ether oxygens (including phenoxy) is 1. The van der Waals surface area contributed by atoms with E-state index < -0.39 is 5.76 Å². The molecule has 0 atom stereocenters. The first-order valence-corrected chi connectivity index (χ1v) is 10.1. The van der Waals surface area contributed by atoms with Gasteiger partial charge in [-0.3, -0.25) is 4.57 Å². The van der Waals surface area contributed by atoms with Gasteiger partial charge in [-0.05, 0) is 36.9 Å². The normalized spacial score (nSPS) is 11.1. The molecule has 8 heteroatoms. The molecule has 0 saturated heterocycles. The number of aromatic nitrogens is 2. The third kappa shape index (κ3) is 3.58. The maximum atomic E-state index is 12.4. The van der Waals surface area contributed by atoms with Crippen LogP contribution in [0.1, 0.15) is 21.8 Å². The molecular weight excluding hydrogens is 384 g/mol. The average molecular weight is 400 g/mol. The summed E-state index contributed by atoms with van der Waals surface area (Å²) in [5, 5.41) is 2.80. The Morgan fingerprint density at radius 1 is 1.26 bits per heavy atom. The Morgan fingerprint density at radius 2 is 2.11 bits per heavy atom. The number of thiophene rings is 1. The van der Waals surface area contributed by atoms with Crippen LogP contribution < -0.4 is 5.76 Å². The van der Waals surface area contributed by atoms with Gasteiger partial charge in [-0.1, -0.05) is 18.2 Å². The number of carbonyl (C=O) groups is 1.